The van der Waals surface area contributed by atoms with E-state index in [9.17, 15) is 29.1 Å². The molecule has 0 aromatic rings. The summed E-state index contributed by atoms with van der Waals surface area (Å²) < 4.78 is 0. The van der Waals surface area contributed by atoms with Gasteiger partial charge in [0.2, 0.25) is 12.3 Å². The lowest BCUT2D eigenvalue weighted by Gasteiger charge is -2.65. The van der Waals surface area contributed by atoms with E-state index < -0.39 is 11.5 Å². The van der Waals surface area contributed by atoms with E-state index in [1.807, 2.05) is 6.92 Å². The number of carboxylic acids is 1. The van der Waals surface area contributed by atoms with E-state index in [2.05, 4.69) is 45.3 Å². The summed E-state index contributed by atoms with van der Waals surface area (Å²) in [6.45, 7) is 17.6. The van der Waals surface area contributed by atoms with Gasteiger partial charge in [0, 0.05) is 30.7 Å². The Morgan fingerprint density at radius 3 is 2.34 bits per heavy atom. The van der Waals surface area contributed by atoms with Crippen LogP contribution in [0.3, 0.4) is 0 Å². The summed E-state index contributed by atoms with van der Waals surface area (Å²) in [5, 5.41) is 15.2. The third kappa shape index (κ3) is 5.90. The van der Waals surface area contributed by atoms with Gasteiger partial charge in [0.25, 0.3) is 0 Å². The summed E-state index contributed by atoms with van der Waals surface area (Å²) in [6, 6.07) is 0. The first kappa shape index (κ1) is 37.3. The fourth-order valence-corrected chi connectivity index (χ4v) is 13.4. The highest BCUT2D eigenvalue weighted by Crippen LogP contribution is 2.70. The van der Waals surface area contributed by atoms with E-state index in [1.54, 1.807) is 13.8 Å². The number of fused-ring (bicyclic) bond motifs is 7. The van der Waals surface area contributed by atoms with Crippen molar-refractivity contribution in [3.8, 4) is 0 Å². The first-order valence-corrected chi connectivity index (χ1v) is 19.9. The second-order valence-electron chi connectivity index (χ2n) is 19.4. The fourth-order valence-electron chi connectivity index (χ4n) is 13.4. The molecule has 0 aromatic carbocycles. The molecular weight excluding hydrogens is 628 g/mol. The molecule has 8 heteroatoms. The van der Waals surface area contributed by atoms with Crippen molar-refractivity contribution < 1.29 is 29.1 Å². The number of carbonyl (C=O) groups excluding carboxylic acids is 4. The first-order valence-electron chi connectivity index (χ1n) is 19.9. The zero-order valence-electron chi connectivity index (χ0n) is 32.0. The molecule has 8 nitrogen and oxygen atoms in total. The van der Waals surface area contributed by atoms with Crippen molar-refractivity contribution in [2.75, 3.05) is 6.54 Å². The minimum atomic E-state index is -0.984. The highest BCUT2D eigenvalue weighted by Gasteiger charge is 2.63. The molecule has 0 aromatic heterocycles. The van der Waals surface area contributed by atoms with Crippen LogP contribution in [-0.2, 0) is 24.0 Å². The van der Waals surface area contributed by atoms with Crippen LogP contribution in [0.4, 0.5) is 0 Å². The zero-order valence-corrected chi connectivity index (χ0v) is 32.0. The Morgan fingerprint density at radius 2 is 1.70 bits per heavy atom. The van der Waals surface area contributed by atoms with Gasteiger partial charge in [-0.05, 0) is 142 Å². The molecule has 0 bridgehead atoms. The summed E-state index contributed by atoms with van der Waals surface area (Å²) in [7, 11) is 0. The Balaban J connectivity index is 1.18. The molecule has 5 saturated carbocycles. The standard InChI is InChI=1S/C42H64N2O6/c1-23(2)35-33(47)21-42(17-18-43-38(50)40(6,7)44-22-45)16-14-26-27-10-12-34-39(4,5)25(19-32(46)29-20-30(24(29)3)37(48)49)13-15-41(34,8)31(27)11-9-28(26)36(35)42/h22-31,34H,9-21H2,1-8H3,(H,43,50)(H,44,45)(H,48,49). The van der Waals surface area contributed by atoms with E-state index in [0.717, 1.165) is 44.1 Å². The molecule has 278 valence electrons. The number of rotatable bonds is 11. The van der Waals surface area contributed by atoms with Gasteiger partial charge in [0.05, 0.1) is 5.92 Å². The number of amides is 2. The summed E-state index contributed by atoms with van der Waals surface area (Å²) in [5.74, 6) is 2.52. The molecule has 11 atom stereocenters. The van der Waals surface area contributed by atoms with E-state index in [1.165, 1.54) is 24.8 Å². The van der Waals surface area contributed by atoms with E-state index in [-0.39, 0.29) is 51.6 Å². The maximum Gasteiger partial charge on any atom is 0.306 e. The van der Waals surface area contributed by atoms with Crippen LogP contribution in [0, 0.1) is 75.4 Å². The number of Topliss-reactive ketones (excluding diaryl/α,β-unsaturated/α-hetero) is 2. The largest absolute Gasteiger partial charge is 0.481 e. The third-order valence-corrected chi connectivity index (χ3v) is 16.2. The number of allylic oxidation sites excluding steroid dienone is 2. The van der Waals surface area contributed by atoms with Crippen LogP contribution in [0.5, 0.6) is 0 Å². The minimum Gasteiger partial charge on any atom is -0.481 e. The predicted octanol–water partition coefficient (Wildman–Crippen LogP) is 7.15. The molecule has 6 aliphatic rings. The van der Waals surface area contributed by atoms with Gasteiger partial charge in [-0.25, -0.2) is 0 Å². The number of carboxylic acid groups (broad SMARTS) is 1. The van der Waals surface area contributed by atoms with Crippen LogP contribution in [0.15, 0.2) is 11.1 Å². The molecular formula is C42H64N2O6. The maximum atomic E-state index is 13.8. The lowest BCUT2D eigenvalue weighted by atomic mass is 9.39. The van der Waals surface area contributed by atoms with E-state index in [4.69, 9.17) is 0 Å². The van der Waals surface area contributed by atoms with Gasteiger partial charge in [-0.15, -0.1) is 0 Å². The Labute approximate surface area is 300 Å². The predicted molar refractivity (Wildman–Crippen MR) is 193 cm³/mol. The highest BCUT2D eigenvalue weighted by atomic mass is 16.4. The van der Waals surface area contributed by atoms with Crippen molar-refractivity contribution in [1.29, 1.82) is 0 Å². The zero-order chi connectivity index (χ0) is 36.6. The molecule has 50 heavy (non-hydrogen) atoms. The van der Waals surface area contributed by atoms with Crippen LogP contribution >= 0.6 is 0 Å². The van der Waals surface area contributed by atoms with Crippen LogP contribution in [0.1, 0.15) is 132 Å². The lowest BCUT2D eigenvalue weighted by Crippen LogP contribution is -2.58. The second-order valence-corrected chi connectivity index (χ2v) is 19.4. The maximum absolute atomic E-state index is 13.8. The second kappa shape index (κ2) is 13.2. The molecule has 0 saturated heterocycles. The van der Waals surface area contributed by atoms with Crippen LogP contribution in [0.25, 0.3) is 0 Å². The number of hydrogen-bond acceptors (Lipinski definition) is 5. The Hall–Kier alpha value is -2.51. The molecule has 6 aliphatic carbocycles. The Bertz CT molecular complexity index is 1440. The number of aliphatic carboxylic acids is 1. The monoisotopic (exact) mass is 692 g/mol. The first-order chi connectivity index (χ1) is 23.4. The molecule has 3 N–H and O–H groups in total. The lowest BCUT2D eigenvalue weighted by molar-refractivity contribution is -0.162. The quantitative estimate of drug-likeness (QED) is 0.197. The van der Waals surface area contributed by atoms with Crippen molar-refractivity contribution in [3.05, 3.63) is 11.1 Å². The van der Waals surface area contributed by atoms with Crippen LogP contribution in [-0.4, -0.2) is 47.0 Å². The van der Waals surface area contributed by atoms with Crippen molar-refractivity contribution in [2.24, 2.45) is 75.4 Å². The van der Waals surface area contributed by atoms with E-state index >= 15 is 0 Å². The Kier molecular flexibility index (Phi) is 9.81. The van der Waals surface area contributed by atoms with Gasteiger partial charge >= 0.3 is 5.97 Å². The molecule has 6 rings (SSSR count). The molecule has 11 unspecified atom stereocenters. The van der Waals surface area contributed by atoms with Gasteiger partial charge in [0.15, 0.2) is 5.78 Å². The summed E-state index contributed by atoms with van der Waals surface area (Å²) in [6.07, 6.45) is 12.1. The minimum absolute atomic E-state index is 0.0524. The van der Waals surface area contributed by atoms with E-state index in [0.29, 0.717) is 73.5 Å². The normalized spacial score (nSPS) is 40.5. The van der Waals surface area contributed by atoms with Crippen molar-refractivity contribution in [1.82, 2.24) is 10.6 Å². The van der Waals surface area contributed by atoms with Gasteiger partial charge in [-0.1, -0.05) is 47.1 Å². The van der Waals surface area contributed by atoms with Crippen molar-refractivity contribution >= 4 is 29.9 Å². The summed E-state index contributed by atoms with van der Waals surface area (Å²) in [5.41, 5.74) is 1.64. The molecule has 0 aliphatic heterocycles. The van der Waals surface area contributed by atoms with Gasteiger partial charge in [0.1, 0.15) is 11.3 Å². The summed E-state index contributed by atoms with van der Waals surface area (Å²) in [4.78, 5) is 62.8. The SMILES string of the molecule is CC(C)C1=C2C3CCC4C(CCC5C(C)(C)C(CC(=O)C6CC(C(=O)O)C6C)CCC45C)C3CCC2(CCNC(=O)C(C)(C)NC=O)CC1=O. The van der Waals surface area contributed by atoms with Gasteiger partial charge < -0.3 is 15.7 Å². The van der Waals surface area contributed by atoms with Crippen LogP contribution in [0.2, 0.25) is 0 Å². The average molecular weight is 693 g/mol. The molecule has 2 amide bonds. The molecule has 0 heterocycles. The van der Waals surface area contributed by atoms with Gasteiger partial charge in [-0.3, -0.25) is 24.0 Å². The number of nitrogens with one attached hydrogen (secondary N) is 2. The van der Waals surface area contributed by atoms with Gasteiger partial charge in [-0.2, -0.15) is 0 Å². The molecule has 5 fully saturated rings. The van der Waals surface area contributed by atoms with Crippen LogP contribution < -0.4 is 10.6 Å². The van der Waals surface area contributed by atoms with Crippen molar-refractivity contribution in [2.45, 2.75) is 138 Å². The average Bonchev–Trinajstić information content (AvgIpc) is 3.33. The number of ketones is 2. The smallest absolute Gasteiger partial charge is 0.306 e. The molecule has 0 spiro atoms. The van der Waals surface area contributed by atoms with Crippen molar-refractivity contribution in [3.63, 3.8) is 0 Å². The number of carbonyl (C=O) groups is 5. The Morgan fingerprint density at radius 1 is 0.980 bits per heavy atom. The summed E-state index contributed by atoms with van der Waals surface area (Å²) >= 11 is 0. The highest BCUT2D eigenvalue weighted by molar-refractivity contribution is 6.00. The topological polar surface area (TPSA) is 130 Å². The fraction of sp³-hybridized carbons (Fsp3) is 0.833. The number of hydrogen-bond donors (Lipinski definition) is 3. The third-order valence-electron chi connectivity index (χ3n) is 16.2. The molecule has 0 radical (unpaired) electrons.